The number of hydrogen-bond acceptors (Lipinski definition) is 3. The van der Waals surface area contributed by atoms with Crippen molar-refractivity contribution in [1.29, 1.82) is 0 Å². The standard InChI is InChI=1S/C12H19N3O/c1-13-12(10-5-6-14-15(10)2)9-7-8-3-4-11(9)16-8/h5-6,8-9,11-13H,3-4,7H2,1-2H3. The molecule has 4 heteroatoms. The van der Waals surface area contributed by atoms with Crippen molar-refractivity contribution in [3.63, 3.8) is 0 Å². The first kappa shape index (κ1) is 10.3. The number of ether oxygens (including phenoxy) is 1. The van der Waals surface area contributed by atoms with E-state index in [2.05, 4.69) is 16.5 Å². The summed E-state index contributed by atoms with van der Waals surface area (Å²) in [6.45, 7) is 0. The Hall–Kier alpha value is -0.870. The van der Waals surface area contributed by atoms with E-state index in [0.717, 1.165) is 0 Å². The molecule has 4 nitrogen and oxygen atoms in total. The lowest BCUT2D eigenvalue weighted by Gasteiger charge is -2.28. The van der Waals surface area contributed by atoms with Gasteiger partial charge in [-0.15, -0.1) is 0 Å². The van der Waals surface area contributed by atoms with E-state index < -0.39 is 0 Å². The van der Waals surface area contributed by atoms with E-state index in [4.69, 9.17) is 4.74 Å². The molecule has 2 bridgehead atoms. The Kier molecular flexibility index (Phi) is 2.48. The summed E-state index contributed by atoms with van der Waals surface area (Å²) < 4.78 is 7.90. The van der Waals surface area contributed by atoms with Gasteiger partial charge in [0.1, 0.15) is 0 Å². The maximum atomic E-state index is 5.94. The maximum Gasteiger partial charge on any atom is 0.0627 e. The summed E-state index contributed by atoms with van der Waals surface area (Å²) >= 11 is 0. The van der Waals surface area contributed by atoms with Crippen molar-refractivity contribution >= 4 is 0 Å². The molecule has 4 unspecified atom stereocenters. The molecule has 88 valence electrons. The highest BCUT2D eigenvalue weighted by Crippen LogP contribution is 2.44. The van der Waals surface area contributed by atoms with Crippen molar-refractivity contribution in [3.05, 3.63) is 18.0 Å². The number of nitrogens with one attached hydrogen (secondary N) is 1. The van der Waals surface area contributed by atoms with Crippen molar-refractivity contribution in [3.8, 4) is 0 Å². The monoisotopic (exact) mass is 221 g/mol. The second kappa shape index (κ2) is 3.86. The van der Waals surface area contributed by atoms with E-state index in [1.54, 1.807) is 0 Å². The van der Waals surface area contributed by atoms with Crippen LogP contribution in [-0.4, -0.2) is 29.0 Å². The minimum atomic E-state index is 0.378. The van der Waals surface area contributed by atoms with Crippen LogP contribution < -0.4 is 5.32 Å². The Balaban J connectivity index is 1.84. The van der Waals surface area contributed by atoms with Gasteiger partial charge in [0.2, 0.25) is 0 Å². The quantitative estimate of drug-likeness (QED) is 0.835. The number of fused-ring (bicyclic) bond motifs is 2. The maximum absolute atomic E-state index is 5.94. The molecule has 1 aromatic heterocycles. The minimum Gasteiger partial charge on any atom is -0.375 e. The molecule has 0 aliphatic carbocycles. The summed E-state index contributed by atoms with van der Waals surface area (Å²) in [5.41, 5.74) is 1.27. The Morgan fingerprint density at radius 1 is 1.56 bits per heavy atom. The molecule has 4 atom stereocenters. The molecule has 0 spiro atoms. The SMILES string of the molecule is CNC(c1ccnn1C)C1CC2CCC1O2. The van der Waals surface area contributed by atoms with Gasteiger partial charge in [-0.05, 0) is 32.4 Å². The lowest BCUT2D eigenvalue weighted by molar-refractivity contribution is 0.0857. The first-order valence-corrected chi connectivity index (χ1v) is 6.10. The molecule has 0 saturated carbocycles. The highest BCUT2D eigenvalue weighted by atomic mass is 16.5. The van der Waals surface area contributed by atoms with Crippen molar-refractivity contribution in [2.24, 2.45) is 13.0 Å². The molecule has 0 radical (unpaired) electrons. The molecule has 0 aromatic carbocycles. The zero-order valence-electron chi connectivity index (χ0n) is 9.89. The Morgan fingerprint density at radius 2 is 2.44 bits per heavy atom. The summed E-state index contributed by atoms with van der Waals surface area (Å²) in [6.07, 6.45) is 6.51. The molecule has 2 fully saturated rings. The molecule has 0 amide bonds. The average molecular weight is 221 g/mol. The second-order valence-electron chi connectivity index (χ2n) is 4.92. The molecular weight excluding hydrogens is 202 g/mol. The third-order valence-corrected chi connectivity index (χ3v) is 4.07. The fourth-order valence-electron chi connectivity index (χ4n) is 3.30. The molecule has 1 N–H and O–H groups in total. The molecule has 3 rings (SSSR count). The Bertz CT molecular complexity index is 376. The molecule has 2 saturated heterocycles. The first-order chi connectivity index (χ1) is 7.79. The highest BCUT2D eigenvalue weighted by molar-refractivity contribution is 5.11. The molecule has 16 heavy (non-hydrogen) atoms. The number of hydrogen-bond donors (Lipinski definition) is 1. The highest BCUT2D eigenvalue weighted by Gasteiger charge is 2.44. The third-order valence-electron chi connectivity index (χ3n) is 4.07. The smallest absolute Gasteiger partial charge is 0.0627 e. The van der Waals surface area contributed by atoms with E-state index in [1.165, 1.54) is 25.0 Å². The van der Waals surface area contributed by atoms with Crippen LogP contribution in [0, 0.1) is 5.92 Å². The van der Waals surface area contributed by atoms with Gasteiger partial charge in [0.15, 0.2) is 0 Å². The van der Waals surface area contributed by atoms with Gasteiger partial charge in [-0.1, -0.05) is 0 Å². The van der Waals surface area contributed by atoms with Crippen LogP contribution in [-0.2, 0) is 11.8 Å². The van der Waals surface area contributed by atoms with Gasteiger partial charge >= 0.3 is 0 Å². The Morgan fingerprint density at radius 3 is 2.94 bits per heavy atom. The van der Waals surface area contributed by atoms with Gasteiger partial charge < -0.3 is 10.1 Å². The van der Waals surface area contributed by atoms with Gasteiger partial charge in [-0.25, -0.2) is 0 Å². The van der Waals surface area contributed by atoms with Crippen LogP contribution in [0.1, 0.15) is 31.0 Å². The van der Waals surface area contributed by atoms with Crippen LogP contribution in [0.4, 0.5) is 0 Å². The van der Waals surface area contributed by atoms with Crippen LogP contribution >= 0.6 is 0 Å². The number of aryl methyl sites for hydroxylation is 1. The van der Waals surface area contributed by atoms with E-state index in [1.807, 2.05) is 25.0 Å². The summed E-state index contributed by atoms with van der Waals surface area (Å²) in [4.78, 5) is 0. The van der Waals surface area contributed by atoms with Crippen LogP contribution in [0.15, 0.2) is 12.3 Å². The lowest BCUT2D eigenvalue weighted by Crippen LogP contribution is -2.33. The number of aromatic nitrogens is 2. The second-order valence-corrected chi connectivity index (χ2v) is 4.92. The van der Waals surface area contributed by atoms with Crippen LogP contribution in [0.5, 0.6) is 0 Å². The van der Waals surface area contributed by atoms with E-state index in [0.29, 0.717) is 24.2 Å². The summed E-state index contributed by atoms with van der Waals surface area (Å²) in [6, 6.07) is 2.48. The normalized spacial score (nSPS) is 34.5. The first-order valence-electron chi connectivity index (χ1n) is 6.10. The average Bonchev–Trinajstić information content (AvgIpc) is 2.97. The van der Waals surface area contributed by atoms with Gasteiger partial charge in [0.05, 0.1) is 23.9 Å². The molecular formula is C12H19N3O. The van der Waals surface area contributed by atoms with Crippen molar-refractivity contribution < 1.29 is 4.74 Å². The van der Waals surface area contributed by atoms with Crippen molar-refractivity contribution in [2.75, 3.05) is 7.05 Å². The molecule has 1 aromatic rings. The number of nitrogens with zero attached hydrogens (tertiary/aromatic N) is 2. The Labute approximate surface area is 96.0 Å². The predicted molar refractivity (Wildman–Crippen MR) is 61.0 cm³/mol. The molecule has 2 aliphatic heterocycles. The van der Waals surface area contributed by atoms with Gasteiger partial charge in [0.25, 0.3) is 0 Å². The zero-order valence-corrected chi connectivity index (χ0v) is 9.89. The van der Waals surface area contributed by atoms with E-state index in [9.17, 15) is 0 Å². The lowest BCUT2D eigenvalue weighted by atomic mass is 9.82. The molecule has 2 aliphatic rings. The summed E-state index contributed by atoms with van der Waals surface area (Å²) in [5.74, 6) is 0.610. The predicted octanol–water partition coefficient (Wildman–Crippen LogP) is 1.25. The fourth-order valence-corrected chi connectivity index (χ4v) is 3.30. The van der Waals surface area contributed by atoms with Gasteiger partial charge in [-0.2, -0.15) is 5.10 Å². The zero-order chi connectivity index (χ0) is 11.1. The summed E-state index contributed by atoms with van der Waals surface area (Å²) in [5, 5.41) is 7.69. The third kappa shape index (κ3) is 1.48. The van der Waals surface area contributed by atoms with Crippen LogP contribution in [0.3, 0.4) is 0 Å². The van der Waals surface area contributed by atoms with E-state index in [-0.39, 0.29) is 0 Å². The largest absolute Gasteiger partial charge is 0.375 e. The van der Waals surface area contributed by atoms with Gasteiger partial charge in [0, 0.05) is 19.2 Å². The van der Waals surface area contributed by atoms with Gasteiger partial charge in [-0.3, -0.25) is 4.68 Å². The topological polar surface area (TPSA) is 39.1 Å². The fraction of sp³-hybridized carbons (Fsp3) is 0.750. The van der Waals surface area contributed by atoms with E-state index >= 15 is 0 Å². The van der Waals surface area contributed by atoms with Crippen LogP contribution in [0.2, 0.25) is 0 Å². The molecule has 3 heterocycles. The number of rotatable bonds is 3. The summed E-state index contributed by atoms with van der Waals surface area (Å²) in [7, 11) is 4.04. The minimum absolute atomic E-state index is 0.378. The van der Waals surface area contributed by atoms with Crippen molar-refractivity contribution in [2.45, 2.75) is 37.5 Å². The van der Waals surface area contributed by atoms with Crippen LogP contribution in [0.25, 0.3) is 0 Å². The van der Waals surface area contributed by atoms with Crippen molar-refractivity contribution in [1.82, 2.24) is 15.1 Å².